The van der Waals surface area contributed by atoms with E-state index >= 15 is 0 Å². The molecule has 4 rings (SSSR count). The van der Waals surface area contributed by atoms with Gasteiger partial charge >= 0.3 is 0 Å². The third-order valence-electron chi connectivity index (χ3n) is 4.81. The fourth-order valence-corrected chi connectivity index (χ4v) is 4.83. The number of nitrogens with zero attached hydrogens (tertiary/aromatic N) is 2. The normalized spacial score (nSPS) is 16.3. The van der Waals surface area contributed by atoms with Crippen molar-refractivity contribution in [3.8, 4) is 5.75 Å². The number of nitrogen functional groups attached to an aromatic ring is 1. The molecule has 2 aliphatic rings. The van der Waals surface area contributed by atoms with E-state index in [1.54, 1.807) is 7.11 Å². The maximum Gasteiger partial charge on any atom is 0.173 e. The highest BCUT2D eigenvalue weighted by molar-refractivity contribution is 8.03. The molecule has 2 heterocycles. The van der Waals surface area contributed by atoms with E-state index in [9.17, 15) is 0 Å². The Morgan fingerprint density at radius 3 is 2.81 bits per heavy atom. The number of hydrogen-bond donors (Lipinski definition) is 2. The summed E-state index contributed by atoms with van der Waals surface area (Å²) in [7, 11) is 1.68. The molecule has 2 aromatic rings. The smallest absolute Gasteiger partial charge is 0.173 e. The second-order valence-corrected chi connectivity index (χ2v) is 7.89. The molecule has 3 N–H and O–H groups in total. The van der Waals surface area contributed by atoms with Crippen LogP contribution in [0.4, 0.5) is 17.1 Å². The highest BCUT2D eigenvalue weighted by atomic mass is 32.2. The van der Waals surface area contributed by atoms with Crippen LogP contribution in [0.2, 0.25) is 0 Å². The molecule has 0 bridgehead atoms. The van der Waals surface area contributed by atoms with E-state index < -0.39 is 0 Å². The SMILES string of the molecule is COc1ccc(N)c(N2CSC3=C2CCN(C(=S)Nc2ccccc2)C3)c1. The summed E-state index contributed by atoms with van der Waals surface area (Å²) in [4.78, 5) is 5.90. The first-order valence-electron chi connectivity index (χ1n) is 8.82. The molecule has 7 heteroatoms. The van der Waals surface area contributed by atoms with Crippen LogP contribution in [0.3, 0.4) is 0 Å². The lowest BCUT2D eigenvalue weighted by atomic mass is 10.1. The van der Waals surface area contributed by atoms with Crippen LogP contribution in [0.15, 0.2) is 59.1 Å². The van der Waals surface area contributed by atoms with Gasteiger partial charge in [-0.05, 0) is 36.5 Å². The Bertz CT molecular complexity index is 885. The monoisotopic (exact) mass is 398 g/mol. The lowest BCUT2D eigenvalue weighted by Gasteiger charge is -2.32. The first-order valence-corrected chi connectivity index (χ1v) is 10.2. The van der Waals surface area contributed by atoms with Gasteiger partial charge in [0.25, 0.3) is 0 Å². The lowest BCUT2D eigenvalue weighted by Crippen LogP contribution is -2.40. The number of para-hydroxylation sites is 1. The number of thioether (sulfide) groups is 1. The number of rotatable bonds is 3. The van der Waals surface area contributed by atoms with Crippen LogP contribution in [-0.4, -0.2) is 36.1 Å². The second kappa shape index (κ2) is 7.70. The Balaban J connectivity index is 1.50. The molecule has 0 aliphatic carbocycles. The topological polar surface area (TPSA) is 53.8 Å². The molecular formula is C20H22N4OS2. The van der Waals surface area contributed by atoms with Crippen molar-refractivity contribution in [1.82, 2.24) is 4.90 Å². The molecule has 0 radical (unpaired) electrons. The zero-order valence-electron chi connectivity index (χ0n) is 15.1. The molecule has 27 heavy (non-hydrogen) atoms. The maximum absolute atomic E-state index is 6.24. The Morgan fingerprint density at radius 1 is 1.22 bits per heavy atom. The van der Waals surface area contributed by atoms with Crippen molar-refractivity contribution in [3.63, 3.8) is 0 Å². The van der Waals surface area contributed by atoms with Gasteiger partial charge in [-0.25, -0.2) is 0 Å². The highest BCUT2D eigenvalue weighted by Crippen LogP contribution is 2.42. The molecular weight excluding hydrogens is 376 g/mol. The Kier molecular flexibility index (Phi) is 5.13. The van der Waals surface area contributed by atoms with Crippen LogP contribution in [0.5, 0.6) is 5.75 Å². The molecule has 0 amide bonds. The Morgan fingerprint density at radius 2 is 2.04 bits per heavy atom. The number of methoxy groups -OCH3 is 1. The molecule has 2 aliphatic heterocycles. The summed E-state index contributed by atoms with van der Waals surface area (Å²) >= 11 is 7.48. The number of ether oxygens (including phenoxy) is 1. The van der Waals surface area contributed by atoms with E-state index in [0.29, 0.717) is 0 Å². The van der Waals surface area contributed by atoms with Crippen LogP contribution in [0, 0.1) is 0 Å². The van der Waals surface area contributed by atoms with Gasteiger partial charge in [-0.1, -0.05) is 18.2 Å². The van der Waals surface area contributed by atoms with Crippen LogP contribution in [0.1, 0.15) is 6.42 Å². The van der Waals surface area contributed by atoms with Crippen molar-refractivity contribution in [1.29, 1.82) is 0 Å². The highest BCUT2D eigenvalue weighted by Gasteiger charge is 2.31. The van der Waals surface area contributed by atoms with E-state index in [1.807, 2.05) is 60.3 Å². The van der Waals surface area contributed by atoms with Gasteiger partial charge < -0.3 is 25.6 Å². The minimum Gasteiger partial charge on any atom is -0.497 e. The summed E-state index contributed by atoms with van der Waals surface area (Å²) in [6.45, 7) is 1.72. The minimum absolute atomic E-state index is 0.771. The summed E-state index contributed by atoms with van der Waals surface area (Å²) in [6, 6.07) is 15.9. The summed E-state index contributed by atoms with van der Waals surface area (Å²) in [5, 5.41) is 4.10. The molecule has 5 nitrogen and oxygen atoms in total. The predicted octanol–water partition coefficient (Wildman–Crippen LogP) is 4.10. The number of benzene rings is 2. The van der Waals surface area contributed by atoms with Gasteiger partial charge in [0.05, 0.1) is 30.9 Å². The summed E-state index contributed by atoms with van der Waals surface area (Å²) < 4.78 is 5.37. The van der Waals surface area contributed by atoms with Gasteiger partial charge in [0, 0.05) is 35.3 Å². The number of nitrogens with two attached hydrogens (primary N) is 1. The number of hydrogen-bond acceptors (Lipinski definition) is 5. The van der Waals surface area contributed by atoms with Crippen LogP contribution >= 0.6 is 24.0 Å². The molecule has 0 saturated carbocycles. The quantitative estimate of drug-likeness (QED) is 0.596. The van der Waals surface area contributed by atoms with Crippen molar-refractivity contribution >= 4 is 46.2 Å². The van der Waals surface area contributed by atoms with Crippen molar-refractivity contribution in [2.45, 2.75) is 6.42 Å². The molecule has 0 saturated heterocycles. The fourth-order valence-electron chi connectivity index (χ4n) is 3.36. The first kappa shape index (κ1) is 18.0. The fraction of sp³-hybridized carbons (Fsp3) is 0.250. The Labute approximate surface area is 169 Å². The predicted molar refractivity (Wildman–Crippen MR) is 118 cm³/mol. The van der Waals surface area contributed by atoms with Gasteiger partial charge in [-0.3, -0.25) is 0 Å². The molecule has 0 spiro atoms. The number of anilines is 3. The van der Waals surface area contributed by atoms with Crippen molar-refractivity contribution in [2.75, 3.05) is 42.0 Å². The van der Waals surface area contributed by atoms with E-state index in [1.165, 1.54) is 10.6 Å². The van der Waals surface area contributed by atoms with Crippen molar-refractivity contribution < 1.29 is 4.74 Å². The van der Waals surface area contributed by atoms with Gasteiger partial charge in [0.1, 0.15) is 5.75 Å². The molecule has 0 unspecified atom stereocenters. The zero-order chi connectivity index (χ0) is 18.8. The average molecular weight is 399 g/mol. The van der Waals surface area contributed by atoms with Crippen LogP contribution in [-0.2, 0) is 0 Å². The summed E-state index contributed by atoms with van der Waals surface area (Å²) in [5.41, 5.74) is 10.4. The zero-order valence-corrected chi connectivity index (χ0v) is 16.8. The van der Waals surface area contributed by atoms with Gasteiger partial charge in [-0.15, -0.1) is 11.8 Å². The van der Waals surface area contributed by atoms with Gasteiger partial charge in [0.2, 0.25) is 0 Å². The largest absolute Gasteiger partial charge is 0.497 e. The average Bonchev–Trinajstić information content (AvgIpc) is 3.12. The summed E-state index contributed by atoms with van der Waals surface area (Å²) in [5.74, 6) is 1.69. The lowest BCUT2D eigenvalue weighted by molar-refractivity contribution is 0.415. The maximum atomic E-state index is 6.24. The van der Waals surface area contributed by atoms with E-state index in [2.05, 4.69) is 15.1 Å². The first-order chi connectivity index (χ1) is 13.2. The van der Waals surface area contributed by atoms with Gasteiger partial charge in [0.15, 0.2) is 5.11 Å². The van der Waals surface area contributed by atoms with Crippen molar-refractivity contribution in [3.05, 3.63) is 59.1 Å². The van der Waals surface area contributed by atoms with E-state index in [4.69, 9.17) is 22.7 Å². The second-order valence-electron chi connectivity index (χ2n) is 6.46. The third kappa shape index (κ3) is 3.70. The van der Waals surface area contributed by atoms with E-state index in [0.717, 1.165) is 53.3 Å². The molecule has 2 aromatic carbocycles. The van der Waals surface area contributed by atoms with Gasteiger partial charge in [-0.2, -0.15) is 0 Å². The van der Waals surface area contributed by atoms with Crippen molar-refractivity contribution in [2.24, 2.45) is 0 Å². The number of thiocarbonyl (C=S) groups is 1. The van der Waals surface area contributed by atoms with E-state index in [-0.39, 0.29) is 0 Å². The third-order valence-corrected chi connectivity index (χ3v) is 6.27. The molecule has 0 fully saturated rings. The molecule has 0 aromatic heterocycles. The molecule has 0 atom stereocenters. The minimum atomic E-state index is 0.771. The summed E-state index contributed by atoms with van der Waals surface area (Å²) in [6.07, 6.45) is 0.940. The standard InChI is InChI=1S/C20H22N4OS2/c1-25-15-7-8-16(21)18(11-15)24-13-27-19-12-23(10-9-17(19)24)20(26)22-14-5-3-2-4-6-14/h2-8,11H,9-10,12-13,21H2,1H3,(H,22,26). The molecule has 140 valence electrons. The Hall–Kier alpha value is -2.38. The van der Waals surface area contributed by atoms with Crippen LogP contribution in [0.25, 0.3) is 0 Å². The van der Waals surface area contributed by atoms with Crippen LogP contribution < -0.4 is 20.7 Å². The number of nitrogens with one attached hydrogen (secondary N) is 1.